The molecule has 1 spiro atoms. The molecule has 0 bridgehead atoms. The van der Waals surface area contributed by atoms with E-state index in [0.29, 0.717) is 44.6 Å². The van der Waals surface area contributed by atoms with Crippen LogP contribution in [-0.4, -0.2) is 58.9 Å². The summed E-state index contributed by atoms with van der Waals surface area (Å²) in [4.78, 5) is 44.4. The van der Waals surface area contributed by atoms with Crippen LogP contribution in [0.25, 0.3) is 0 Å². The highest BCUT2D eigenvalue weighted by atomic mass is 19.4. The second-order valence-corrected chi connectivity index (χ2v) is 8.70. The third-order valence-electron chi connectivity index (χ3n) is 6.51. The number of nitrogens with zero attached hydrogens (tertiary/aromatic N) is 3. The van der Waals surface area contributed by atoms with Gasteiger partial charge in [0.25, 0.3) is 5.91 Å². The summed E-state index contributed by atoms with van der Waals surface area (Å²) in [6, 6.07) is 1.70. The number of halogens is 3. The van der Waals surface area contributed by atoms with Crippen molar-refractivity contribution >= 4 is 23.7 Å². The number of rotatable bonds is 4. The minimum atomic E-state index is -4.42. The number of carbonyl (C=O) groups excluding carboxylic acids is 3. The van der Waals surface area contributed by atoms with Crippen molar-refractivity contribution in [2.24, 2.45) is 0 Å². The van der Waals surface area contributed by atoms with Gasteiger partial charge in [-0.05, 0) is 37.8 Å². The highest BCUT2D eigenvalue weighted by Gasteiger charge is 2.51. The van der Waals surface area contributed by atoms with Crippen molar-refractivity contribution < 1.29 is 27.6 Å². The summed E-state index contributed by atoms with van der Waals surface area (Å²) in [6.07, 6.45) is 1.55. The first-order chi connectivity index (χ1) is 15.2. The van der Waals surface area contributed by atoms with Crippen LogP contribution in [0.1, 0.15) is 50.5 Å². The van der Waals surface area contributed by atoms with Crippen molar-refractivity contribution in [1.82, 2.24) is 20.5 Å². The van der Waals surface area contributed by atoms with Crippen molar-refractivity contribution in [2.45, 2.75) is 62.7 Å². The van der Waals surface area contributed by atoms with Gasteiger partial charge in [0, 0.05) is 25.3 Å². The summed E-state index contributed by atoms with van der Waals surface area (Å²) in [6.45, 7) is 0.734. The molecule has 3 fully saturated rings. The van der Waals surface area contributed by atoms with Gasteiger partial charge in [-0.3, -0.25) is 14.5 Å². The highest BCUT2D eigenvalue weighted by molar-refractivity contribution is 6.09. The first-order valence-electron chi connectivity index (χ1n) is 10.9. The molecule has 3 aliphatic rings. The molecule has 2 aliphatic heterocycles. The number of pyridine rings is 1. The number of alkyl halides is 3. The van der Waals surface area contributed by atoms with E-state index in [1.807, 2.05) is 4.90 Å². The third kappa shape index (κ3) is 4.51. The van der Waals surface area contributed by atoms with Gasteiger partial charge in [-0.25, -0.2) is 9.78 Å². The van der Waals surface area contributed by atoms with Crippen molar-refractivity contribution in [3.05, 3.63) is 23.9 Å². The van der Waals surface area contributed by atoms with Gasteiger partial charge < -0.3 is 15.5 Å². The molecule has 8 nitrogen and oxygen atoms in total. The number of nitrogens with one attached hydrogen (secondary N) is 2. The summed E-state index contributed by atoms with van der Waals surface area (Å²) in [5, 5.41) is 5.66. The Hall–Kier alpha value is -2.85. The molecule has 4 amide bonds. The molecule has 174 valence electrons. The molecule has 3 heterocycles. The Kier molecular flexibility index (Phi) is 6.00. The SMILES string of the molecule is O=C(CN1C(=O)NC2(CCCCC2)C1=O)NC1CCN(c2ccc(C(F)(F)F)cn2)CC1. The van der Waals surface area contributed by atoms with Crippen LogP contribution in [0.2, 0.25) is 0 Å². The zero-order valence-electron chi connectivity index (χ0n) is 17.6. The Bertz CT molecular complexity index is 876. The Balaban J connectivity index is 1.27. The predicted molar refractivity (Wildman–Crippen MR) is 109 cm³/mol. The lowest BCUT2D eigenvalue weighted by Crippen LogP contribution is -2.50. The van der Waals surface area contributed by atoms with Crippen LogP contribution in [0, 0.1) is 0 Å². The Morgan fingerprint density at radius 3 is 2.44 bits per heavy atom. The summed E-state index contributed by atoms with van der Waals surface area (Å²) >= 11 is 0. The highest BCUT2D eigenvalue weighted by Crippen LogP contribution is 2.33. The van der Waals surface area contributed by atoms with Gasteiger partial charge >= 0.3 is 12.2 Å². The van der Waals surface area contributed by atoms with Crippen molar-refractivity contribution in [1.29, 1.82) is 0 Å². The van der Waals surface area contributed by atoms with Crippen molar-refractivity contribution in [2.75, 3.05) is 24.5 Å². The zero-order valence-corrected chi connectivity index (χ0v) is 17.6. The number of carbonyl (C=O) groups is 3. The number of hydrogen-bond acceptors (Lipinski definition) is 5. The smallest absolute Gasteiger partial charge is 0.356 e. The molecule has 1 saturated carbocycles. The van der Waals surface area contributed by atoms with E-state index in [1.165, 1.54) is 6.07 Å². The van der Waals surface area contributed by atoms with Gasteiger partial charge in [0.2, 0.25) is 5.91 Å². The van der Waals surface area contributed by atoms with Crippen LogP contribution in [-0.2, 0) is 15.8 Å². The van der Waals surface area contributed by atoms with Gasteiger partial charge in [-0.2, -0.15) is 13.2 Å². The number of aromatic nitrogens is 1. The molecule has 1 aliphatic carbocycles. The quantitative estimate of drug-likeness (QED) is 0.683. The van der Waals surface area contributed by atoms with E-state index in [9.17, 15) is 27.6 Å². The summed E-state index contributed by atoms with van der Waals surface area (Å²) in [5.74, 6) is -0.257. The molecule has 32 heavy (non-hydrogen) atoms. The van der Waals surface area contributed by atoms with Crippen LogP contribution in [0.5, 0.6) is 0 Å². The number of urea groups is 1. The Morgan fingerprint density at radius 1 is 1.16 bits per heavy atom. The van der Waals surface area contributed by atoms with Gasteiger partial charge in [-0.15, -0.1) is 0 Å². The molecule has 1 aromatic rings. The average Bonchev–Trinajstić information content (AvgIpc) is 2.98. The molecule has 2 saturated heterocycles. The Morgan fingerprint density at radius 2 is 1.84 bits per heavy atom. The molecular formula is C21H26F3N5O3. The fraction of sp³-hybridized carbons (Fsp3) is 0.619. The lowest BCUT2D eigenvalue weighted by molar-refractivity contribution is -0.137. The number of imide groups is 1. The van der Waals surface area contributed by atoms with E-state index >= 15 is 0 Å². The predicted octanol–water partition coefficient (Wildman–Crippen LogP) is 2.44. The summed E-state index contributed by atoms with van der Waals surface area (Å²) < 4.78 is 38.1. The molecule has 11 heteroatoms. The third-order valence-corrected chi connectivity index (χ3v) is 6.51. The van der Waals surface area contributed by atoms with E-state index in [2.05, 4.69) is 15.6 Å². The lowest BCUT2D eigenvalue weighted by Gasteiger charge is -2.33. The Labute approximate surface area is 183 Å². The molecule has 0 aromatic carbocycles. The lowest BCUT2D eigenvalue weighted by atomic mass is 9.82. The molecule has 0 radical (unpaired) electrons. The van der Waals surface area contributed by atoms with Gasteiger partial charge in [-0.1, -0.05) is 19.3 Å². The van der Waals surface area contributed by atoms with Crippen molar-refractivity contribution in [3.63, 3.8) is 0 Å². The minimum absolute atomic E-state index is 0.141. The van der Waals surface area contributed by atoms with E-state index in [-0.39, 0.29) is 18.5 Å². The molecular weight excluding hydrogens is 427 g/mol. The van der Waals surface area contributed by atoms with Crippen LogP contribution >= 0.6 is 0 Å². The van der Waals surface area contributed by atoms with E-state index in [1.54, 1.807) is 0 Å². The van der Waals surface area contributed by atoms with Crippen LogP contribution in [0.4, 0.5) is 23.8 Å². The fourth-order valence-electron chi connectivity index (χ4n) is 4.72. The number of anilines is 1. The average molecular weight is 453 g/mol. The van der Waals surface area contributed by atoms with Gasteiger partial charge in [0.15, 0.2) is 0 Å². The largest absolute Gasteiger partial charge is 0.417 e. The van der Waals surface area contributed by atoms with Gasteiger partial charge in [0.05, 0.1) is 5.56 Å². The van der Waals surface area contributed by atoms with Crippen molar-refractivity contribution in [3.8, 4) is 0 Å². The first-order valence-corrected chi connectivity index (χ1v) is 10.9. The normalized spacial score (nSPS) is 21.7. The minimum Gasteiger partial charge on any atom is -0.356 e. The molecule has 4 rings (SSSR count). The first kappa shape index (κ1) is 22.3. The zero-order chi connectivity index (χ0) is 22.9. The maximum absolute atomic E-state index is 12.8. The summed E-state index contributed by atoms with van der Waals surface area (Å²) in [7, 11) is 0. The van der Waals surface area contributed by atoms with E-state index in [4.69, 9.17) is 0 Å². The number of piperidine rings is 1. The second-order valence-electron chi connectivity index (χ2n) is 8.70. The topological polar surface area (TPSA) is 94.6 Å². The molecule has 0 atom stereocenters. The van der Waals surface area contributed by atoms with Crippen LogP contribution in [0.3, 0.4) is 0 Å². The fourth-order valence-corrected chi connectivity index (χ4v) is 4.72. The van der Waals surface area contributed by atoms with Gasteiger partial charge in [0.1, 0.15) is 17.9 Å². The van der Waals surface area contributed by atoms with E-state index < -0.39 is 29.2 Å². The number of amides is 4. The standard InChI is InChI=1S/C21H26F3N5O3/c22-21(23,24)14-4-5-16(25-12-14)28-10-6-15(7-11-28)26-17(30)13-29-18(31)20(27-19(29)32)8-2-1-3-9-20/h4-5,12,15H,1-3,6-11,13H2,(H,26,30)(H,27,32). The molecule has 2 N–H and O–H groups in total. The molecule has 1 aromatic heterocycles. The van der Waals surface area contributed by atoms with Crippen LogP contribution < -0.4 is 15.5 Å². The monoisotopic (exact) mass is 453 g/mol. The number of hydrogen-bond donors (Lipinski definition) is 2. The van der Waals surface area contributed by atoms with E-state index in [0.717, 1.165) is 36.4 Å². The summed E-state index contributed by atoms with van der Waals surface area (Å²) in [5.41, 5.74) is -1.64. The second kappa shape index (κ2) is 8.59. The maximum atomic E-state index is 12.8. The molecule has 0 unspecified atom stereocenters. The maximum Gasteiger partial charge on any atom is 0.417 e. The van der Waals surface area contributed by atoms with Crippen LogP contribution in [0.15, 0.2) is 18.3 Å².